The fourth-order valence-electron chi connectivity index (χ4n) is 4.20. The van der Waals surface area contributed by atoms with Gasteiger partial charge in [0.15, 0.2) is 5.11 Å². The van der Waals surface area contributed by atoms with Gasteiger partial charge in [-0.25, -0.2) is 13.2 Å². The number of benzene rings is 2. The van der Waals surface area contributed by atoms with Crippen LogP contribution in [-0.2, 0) is 14.6 Å². The number of aryl methyl sites for hydroxylation is 1. The molecule has 0 saturated carbocycles. The number of hydrogen-bond donors (Lipinski definition) is 3. The Bertz CT molecular complexity index is 1590. The molecule has 0 saturated heterocycles. The number of nitrogens with two attached hydrogens (primary N) is 1. The molecular weight excluding hydrogens is 621 g/mol. The molecule has 232 valence electrons. The second kappa shape index (κ2) is 15.2. The maximum Gasteiger partial charge on any atom is 0.436 e. The van der Waals surface area contributed by atoms with Gasteiger partial charge in [-0.05, 0) is 99.6 Å². The molecular formula is C31H40N4O4S4. The first-order valence-corrected chi connectivity index (χ1v) is 17.9. The molecule has 1 aromatic heterocycles. The van der Waals surface area contributed by atoms with Crippen LogP contribution in [0.1, 0.15) is 63.8 Å². The zero-order valence-electron chi connectivity index (χ0n) is 25.4. The molecule has 0 atom stereocenters. The van der Waals surface area contributed by atoms with E-state index in [1.54, 1.807) is 45.2 Å². The smallest absolute Gasteiger partial charge is 0.436 e. The number of unbranched alkanes of at least 4 members (excludes halogenated alkanes) is 3. The van der Waals surface area contributed by atoms with Crippen LogP contribution in [0.25, 0.3) is 11.1 Å². The van der Waals surface area contributed by atoms with E-state index in [0.717, 1.165) is 46.7 Å². The van der Waals surface area contributed by atoms with Crippen LogP contribution in [0, 0.1) is 6.92 Å². The summed E-state index contributed by atoms with van der Waals surface area (Å²) in [5.41, 5.74) is 8.85. The number of sulfone groups is 1. The second-order valence-electron chi connectivity index (χ2n) is 10.9. The predicted octanol–water partition coefficient (Wildman–Crippen LogP) is 7.79. The van der Waals surface area contributed by atoms with Crippen molar-refractivity contribution in [1.29, 1.82) is 0 Å². The molecule has 3 aromatic rings. The summed E-state index contributed by atoms with van der Waals surface area (Å²) in [5.74, 6) is -0.0970. The largest absolute Gasteiger partial charge is 0.442 e. The summed E-state index contributed by atoms with van der Waals surface area (Å²) in [6.07, 6.45) is 5.62. The van der Waals surface area contributed by atoms with Gasteiger partial charge >= 0.3 is 6.09 Å². The van der Waals surface area contributed by atoms with Crippen molar-refractivity contribution in [3.63, 3.8) is 0 Å². The Kier molecular flexibility index (Phi) is 12.2. The number of carbonyl (C=O) groups excluding carboxylic acids is 1. The van der Waals surface area contributed by atoms with Crippen molar-refractivity contribution >= 4 is 67.9 Å². The Morgan fingerprint density at radius 3 is 2.51 bits per heavy atom. The van der Waals surface area contributed by atoms with Crippen LogP contribution in [0.5, 0.6) is 0 Å². The number of hydrogen-bond acceptors (Lipinski definition) is 7. The zero-order valence-corrected chi connectivity index (χ0v) is 28.7. The van der Waals surface area contributed by atoms with E-state index in [-0.39, 0.29) is 15.6 Å². The van der Waals surface area contributed by atoms with Crippen LogP contribution >= 0.6 is 35.3 Å². The molecule has 4 N–H and O–H groups in total. The molecule has 3 rings (SSSR count). The fraction of sp³-hybridized carbons (Fsp3) is 0.387. The maximum absolute atomic E-state index is 13.8. The average molecular weight is 661 g/mol. The van der Waals surface area contributed by atoms with Gasteiger partial charge in [-0.3, -0.25) is 0 Å². The number of amides is 1. The van der Waals surface area contributed by atoms with E-state index in [9.17, 15) is 13.2 Å². The molecule has 1 amide bonds. The van der Waals surface area contributed by atoms with E-state index in [4.69, 9.17) is 22.7 Å². The summed E-state index contributed by atoms with van der Waals surface area (Å²) < 4.78 is 33.4. The third-order valence-corrected chi connectivity index (χ3v) is 10.8. The van der Waals surface area contributed by atoms with Crippen molar-refractivity contribution in [3.05, 3.63) is 59.0 Å². The van der Waals surface area contributed by atoms with E-state index in [2.05, 4.69) is 22.5 Å². The van der Waals surface area contributed by atoms with Gasteiger partial charge in [-0.1, -0.05) is 44.4 Å². The summed E-state index contributed by atoms with van der Waals surface area (Å²) in [7, 11) is -3.91. The number of aliphatic imine (C=N–C) groups is 1. The number of thioether (sulfide) groups is 1. The molecule has 1 heterocycles. The van der Waals surface area contributed by atoms with Gasteiger partial charge in [0.1, 0.15) is 11.4 Å². The van der Waals surface area contributed by atoms with Gasteiger partial charge in [0.25, 0.3) is 0 Å². The van der Waals surface area contributed by atoms with Crippen LogP contribution in [-0.4, -0.2) is 43.9 Å². The number of rotatable bonds is 11. The number of nitrogens with one attached hydrogen (secondary N) is 2. The lowest BCUT2D eigenvalue weighted by molar-refractivity contribution is 0.0604. The third-order valence-electron chi connectivity index (χ3n) is 6.25. The molecule has 0 unspecified atom stereocenters. The van der Waals surface area contributed by atoms with Crippen molar-refractivity contribution in [2.75, 3.05) is 18.1 Å². The number of amidine groups is 1. The predicted molar refractivity (Wildman–Crippen MR) is 183 cm³/mol. The highest BCUT2D eigenvalue weighted by Gasteiger charge is 2.26. The van der Waals surface area contributed by atoms with E-state index in [1.807, 2.05) is 31.2 Å². The highest BCUT2D eigenvalue weighted by atomic mass is 32.2. The lowest BCUT2D eigenvalue weighted by Crippen LogP contribution is -2.29. The minimum atomic E-state index is -3.91. The Morgan fingerprint density at radius 2 is 1.86 bits per heavy atom. The van der Waals surface area contributed by atoms with Gasteiger partial charge in [0.2, 0.25) is 9.84 Å². The van der Waals surface area contributed by atoms with E-state index < -0.39 is 21.5 Å². The van der Waals surface area contributed by atoms with Crippen LogP contribution in [0.4, 0.5) is 10.5 Å². The lowest BCUT2D eigenvalue weighted by Gasteiger charge is -2.17. The molecule has 8 nitrogen and oxygen atoms in total. The quantitative estimate of drug-likeness (QED) is 0.0622. The second-order valence-corrected chi connectivity index (χ2v) is 15.4. The number of thiocarbonyl (C=S) groups is 1. The first-order chi connectivity index (χ1) is 20.2. The SMILES string of the molecule is CCCCCCNC(=S)Nc1ccc(-c2cccc(S(=O)(=O)c3cc(C(N)=NC(=O)OC(C)(C)C)sc3SC)c2)c(C)c1. The number of ether oxygens (including phenoxy) is 1. The van der Waals surface area contributed by atoms with E-state index >= 15 is 0 Å². The molecule has 0 aliphatic carbocycles. The van der Waals surface area contributed by atoms with Crippen molar-refractivity contribution in [2.45, 2.75) is 79.9 Å². The molecule has 0 aliphatic rings. The van der Waals surface area contributed by atoms with Crippen LogP contribution in [0.2, 0.25) is 0 Å². The lowest BCUT2D eigenvalue weighted by atomic mass is 10.00. The molecule has 0 spiro atoms. The number of anilines is 1. The molecule has 0 aliphatic heterocycles. The molecule has 43 heavy (non-hydrogen) atoms. The van der Waals surface area contributed by atoms with Gasteiger partial charge in [0, 0.05) is 12.2 Å². The normalized spacial score (nSPS) is 12.2. The average Bonchev–Trinajstić information content (AvgIpc) is 3.38. The van der Waals surface area contributed by atoms with E-state index in [1.165, 1.54) is 37.1 Å². The first-order valence-electron chi connectivity index (χ1n) is 14.0. The first kappa shape index (κ1) is 34.6. The number of thiophene rings is 1. The van der Waals surface area contributed by atoms with Crippen LogP contribution in [0.15, 0.2) is 67.5 Å². The molecule has 0 radical (unpaired) electrons. The summed E-state index contributed by atoms with van der Waals surface area (Å²) in [6.45, 7) is 10.2. The Balaban J connectivity index is 1.83. The topological polar surface area (TPSA) is 123 Å². The fourth-order valence-corrected chi connectivity index (χ4v) is 8.37. The van der Waals surface area contributed by atoms with Gasteiger partial charge in [0.05, 0.1) is 18.9 Å². The summed E-state index contributed by atoms with van der Waals surface area (Å²) in [6, 6.07) is 14.2. The third kappa shape index (κ3) is 9.79. The van der Waals surface area contributed by atoms with Crippen LogP contribution < -0.4 is 16.4 Å². The zero-order chi connectivity index (χ0) is 31.8. The van der Waals surface area contributed by atoms with Crippen molar-refractivity contribution < 1.29 is 17.9 Å². The van der Waals surface area contributed by atoms with Crippen LogP contribution in [0.3, 0.4) is 0 Å². The highest BCUT2D eigenvalue weighted by Crippen LogP contribution is 2.38. The van der Waals surface area contributed by atoms with Gasteiger partial charge in [-0.2, -0.15) is 4.99 Å². The maximum atomic E-state index is 13.8. The van der Waals surface area contributed by atoms with Crippen molar-refractivity contribution in [1.82, 2.24) is 5.32 Å². The Hall–Kier alpha value is -2.93. The van der Waals surface area contributed by atoms with Crippen molar-refractivity contribution in [3.8, 4) is 11.1 Å². The standard InChI is InChI=1S/C31H40N4O4S4/c1-7-8-9-10-16-33-29(40)34-22-14-15-24(20(2)17-22)21-12-11-13-23(18-21)43(37,38)26-19-25(42-28(26)41-6)27(32)35-30(36)39-31(3,4)5/h11-15,17-19H,7-10,16H2,1-6H3,(H2,32,35,36)(H2,33,34,40). The van der Waals surface area contributed by atoms with Crippen molar-refractivity contribution in [2.24, 2.45) is 10.7 Å². The number of carbonyl (C=O) groups is 1. The summed E-state index contributed by atoms with van der Waals surface area (Å²) in [5, 5.41) is 7.05. The molecule has 2 aromatic carbocycles. The summed E-state index contributed by atoms with van der Waals surface area (Å²) in [4.78, 5) is 16.6. The highest BCUT2D eigenvalue weighted by molar-refractivity contribution is 8.01. The number of nitrogens with zero attached hydrogens (tertiary/aromatic N) is 1. The summed E-state index contributed by atoms with van der Waals surface area (Å²) >= 11 is 7.90. The van der Waals surface area contributed by atoms with E-state index in [0.29, 0.717) is 14.2 Å². The minimum absolute atomic E-state index is 0.0970. The Morgan fingerprint density at radius 1 is 1.12 bits per heavy atom. The molecule has 0 bridgehead atoms. The monoisotopic (exact) mass is 660 g/mol. The Labute approximate surface area is 268 Å². The molecule has 12 heteroatoms. The van der Waals surface area contributed by atoms with Gasteiger partial charge in [-0.15, -0.1) is 23.1 Å². The van der Waals surface area contributed by atoms with Gasteiger partial charge < -0.3 is 21.1 Å². The minimum Gasteiger partial charge on any atom is -0.442 e. The molecule has 0 fully saturated rings.